The van der Waals surface area contributed by atoms with Crippen molar-refractivity contribution in [3.05, 3.63) is 114 Å². The van der Waals surface area contributed by atoms with Crippen LogP contribution in [0, 0.1) is 5.82 Å². The molecule has 5 rings (SSSR count). The first kappa shape index (κ1) is 24.5. The summed E-state index contributed by atoms with van der Waals surface area (Å²) in [6, 6.07) is 29.5. The number of hydrogen-bond donors (Lipinski definition) is 1. The van der Waals surface area contributed by atoms with Crippen LogP contribution in [0.2, 0.25) is 0 Å². The molecular formula is C31H29ClFNO2. The molecule has 5 heteroatoms. The summed E-state index contributed by atoms with van der Waals surface area (Å²) in [7, 11) is 0. The molecule has 1 aliphatic rings. The summed E-state index contributed by atoms with van der Waals surface area (Å²) in [5.74, 6) is 0.418. The van der Waals surface area contributed by atoms with Crippen LogP contribution in [0.15, 0.2) is 91.0 Å². The lowest BCUT2D eigenvalue weighted by Crippen LogP contribution is -2.29. The van der Waals surface area contributed by atoms with Gasteiger partial charge in [0.05, 0.1) is 0 Å². The summed E-state index contributed by atoms with van der Waals surface area (Å²) in [6.45, 7) is 2.24. The Kier molecular flexibility index (Phi) is 7.35. The number of rotatable bonds is 8. The van der Waals surface area contributed by atoms with E-state index in [-0.39, 0.29) is 11.6 Å². The first-order chi connectivity index (χ1) is 17.5. The number of nitrogens with one attached hydrogen (secondary N) is 1. The number of carbonyl (C=O) groups is 1. The normalized spacial score (nSPS) is 19.2. The van der Waals surface area contributed by atoms with Gasteiger partial charge in [-0.05, 0) is 83.8 Å². The van der Waals surface area contributed by atoms with Crippen LogP contribution in [-0.4, -0.2) is 11.3 Å². The Hall–Kier alpha value is -3.21. The first-order valence-corrected chi connectivity index (χ1v) is 12.8. The zero-order valence-corrected chi connectivity index (χ0v) is 20.9. The highest BCUT2D eigenvalue weighted by Crippen LogP contribution is 2.37. The molecule has 184 valence electrons. The second kappa shape index (κ2) is 10.8. The highest BCUT2D eigenvalue weighted by Gasteiger charge is 2.28. The van der Waals surface area contributed by atoms with Crippen molar-refractivity contribution >= 4 is 27.6 Å². The minimum atomic E-state index is -1.19. The van der Waals surface area contributed by atoms with Gasteiger partial charge in [-0.3, -0.25) is 4.79 Å². The molecule has 0 heterocycles. The van der Waals surface area contributed by atoms with Crippen LogP contribution in [0.5, 0.6) is 5.75 Å². The molecule has 4 aromatic carbocycles. The molecule has 1 aliphatic carbocycles. The third-order valence-corrected chi connectivity index (χ3v) is 7.41. The third-order valence-electron chi connectivity index (χ3n) is 7.21. The highest BCUT2D eigenvalue weighted by atomic mass is 35.5. The lowest BCUT2D eigenvalue weighted by Gasteiger charge is -2.22. The molecule has 0 amide bonds. The Morgan fingerprint density at radius 2 is 1.61 bits per heavy atom. The highest BCUT2D eigenvalue weighted by molar-refractivity contribution is 6.64. The van der Waals surface area contributed by atoms with Crippen LogP contribution in [0.3, 0.4) is 0 Å². The number of fused-ring (bicyclic) bond motifs is 1. The standard InChI is InChI=1S/C31H29ClFNO2/c1-20(26-11-6-8-22-7-2-3-9-27(22)26)34-24-16-13-23(19-24)21-14-17-25(18-15-21)36-30(31(32)35)28-10-4-5-12-29(28)33/h2-12,14-15,17-18,20,23-24,30,34H,13,16,19H2,1H3/t20-,23-,24+,30?/m1/s1. The van der Waals surface area contributed by atoms with Crippen molar-refractivity contribution in [2.24, 2.45) is 0 Å². The summed E-state index contributed by atoms with van der Waals surface area (Å²) in [5.41, 5.74) is 2.70. The summed E-state index contributed by atoms with van der Waals surface area (Å²) in [5, 5.41) is 5.66. The van der Waals surface area contributed by atoms with Crippen LogP contribution in [-0.2, 0) is 4.79 Å². The van der Waals surface area contributed by atoms with Gasteiger partial charge in [-0.25, -0.2) is 4.39 Å². The Bertz CT molecular complexity index is 1350. The fourth-order valence-corrected chi connectivity index (χ4v) is 5.54. The third kappa shape index (κ3) is 5.30. The summed E-state index contributed by atoms with van der Waals surface area (Å²) in [6.07, 6.45) is 2.11. The van der Waals surface area contributed by atoms with Gasteiger partial charge in [-0.1, -0.05) is 72.8 Å². The van der Waals surface area contributed by atoms with E-state index in [1.54, 1.807) is 12.1 Å². The summed E-state index contributed by atoms with van der Waals surface area (Å²) < 4.78 is 20.0. The molecule has 4 atom stereocenters. The summed E-state index contributed by atoms with van der Waals surface area (Å²) in [4.78, 5) is 11.9. The van der Waals surface area contributed by atoms with Gasteiger partial charge in [0, 0.05) is 17.6 Å². The molecule has 0 aliphatic heterocycles. The maximum absolute atomic E-state index is 14.2. The number of benzene rings is 4. The topological polar surface area (TPSA) is 38.3 Å². The number of ether oxygens (including phenoxy) is 1. The molecule has 3 nitrogen and oxygen atoms in total. The lowest BCUT2D eigenvalue weighted by atomic mass is 9.96. The Morgan fingerprint density at radius 3 is 2.39 bits per heavy atom. The van der Waals surface area contributed by atoms with Crippen molar-refractivity contribution < 1.29 is 13.9 Å². The van der Waals surface area contributed by atoms with Crippen LogP contribution < -0.4 is 10.1 Å². The van der Waals surface area contributed by atoms with Gasteiger partial charge in [-0.2, -0.15) is 0 Å². The second-order valence-electron chi connectivity index (χ2n) is 9.56. The maximum atomic E-state index is 14.2. The van der Waals surface area contributed by atoms with Crippen LogP contribution in [0.4, 0.5) is 4.39 Å². The fourth-order valence-electron chi connectivity index (χ4n) is 5.38. The second-order valence-corrected chi connectivity index (χ2v) is 9.93. The molecule has 0 bridgehead atoms. The fraction of sp³-hybridized carbons (Fsp3) is 0.258. The average molecular weight is 502 g/mol. The number of carbonyl (C=O) groups excluding carboxylic acids is 1. The van der Waals surface area contributed by atoms with Gasteiger partial charge in [0.1, 0.15) is 11.6 Å². The molecule has 0 radical (unpaired) electrons. The van der Waals surface area contributed by atoms with E-state index in [4.69, 9.17) is 16.3 Å². The predicted octanol–water partition coefficient (Wildman–Crippen LogP) is 7.85. The predicted molar refractivity (Wildman–Crippen MR) is 143 cm³/mol. The molecule has 0 saturated heterocycles. The number of halogens is 2. The van der Waals surface area contributed by atoms with E-state index in [1.165, 1.54) is 34.0 Å². The van der Waals surface area contributed by atoms with E-state index in [0.717, 1.165) is 19.3 Å². The monoisotopic (exact) mass is 501 g/mol. The van der Waals surface area contributed by atoms with E-state index in [9.17, 15) is 9.18 Å². The maximum Gasteiger partial charge on any atom is 0.267 e. The van der Waals surface area contributed by atoms with Gasteiger partial charge in [-0.15, -0.1) is 0 Å². The molecule has 1 N–H and O–H groups in total. The Morgan fingerprint density at radius 1 is 0.917 bits per heavy atom. The smallest absolute Gasteiger partial charge is 0.267 e. The molecule has 0 aromatic heterocycles. The molecular weight excluding hydrogens is 473 g/mol. The van der Waals surface area contributed by atoms with Crippen molar-refractivity contribution in [2.75, 3.05) is 0 Å². The van der Waals surface area contributed by atoms with E-state index >= 15 is 0 Å². The van der Waals surface area contributed by atoms with Crippen LogP contribution >= 0.6 is 11.6 Å². The van der Waals surface area contributed by atoms with Crippen molar-refractivity contribution in [3.8, 4) is 5.75 Å². The zero-order chi connectivity index (χ0) is 25.1. The van der Waals surface area contributed by atoms with E-state index in [2.05, 4.69) is 54.7 Å². The molecule has 1 fully saturated rings. The number of hydrogen-bond acceptors (Lipinski definition) is 3. The van der Waals surface area contributed by atoms with Gasteiger partial charge in [0.2, 0.25) is 0 Å². The van der Waals surface area contributed by atoms with Crippen molar-refractivity contribution in [3.63, 3.8) is 0 Å². The largest absolute Gasteiger partial charge is 0.476 e. The van der Waals surface area contributed by atoms with Gasteiger partial charge < -0.3 is 10.1 Å². The minimum absolute atomic E-state index is 0.131. The van der Waals surface area contributed by atoms with Gasteiger partial charge in [0.25, 0.3) is 5.24 Å². The average Bonchev–Trinajstić information content (AvgIpc) is 3.36. The molecule has 1 unspecified atom stereocenters. The van der Waals surface area contributed by atoms with Crippen molar-refractivity contribution in [2.45, 2.75) is 50.3 Å². The van der Waals surface area contributed by atoms with E-state index in [0.29, 0.717) is 17.7 Å². The van der Waals surface area contributed by atoms with Crippen LogP contribution in [0.1, 0.15) is 60.9 Å². The Balaban J connectivity index is 1.22. The molecule has 1 saturated carbocycles. The van der Waals surface area contributed by atoms with Crippen molar-refractivity contribution in [1.82, 2.24) is 5.32 Å². The van der Waals surface area contributed by atoms with E-state index in [1.807, 2.05) is 24.3 Å². The summed E-state index contributed by atoms with van der Waals surface area (Å²) >= 11 is 5.73. The van der Waals surface area contributed by atoms with E-state index < -0.39 is 17.2 Å². The van der Waals surface area contributed by atoms with Crippen LogP contribution in [0.25, 0.3) is 10.8 Å². The quantitative estimate of drug-likeness (QED) is 0.250. The lowest BCUT2D eigenvalue weighted by molar-refractivity contribution is -0.118. The first-order valence-electron chi connectivity index (χ1n) is 12.4. The SMILES string of the molecule is C[C@@H](N[C@H]1CC[C@@H](c2ccc(OC(C(=O)Cl)c3ccccc3F)cc2)C1)c1cccc2ccccc12. The molecule has 36 heavy (non-hydrogen) atoms. The van der Waals surface area contributed by atoms with Gasteiger partial charge in [0.15, 0.2) is 6.10 Å². The minimum Gasteiger partial charge on any atom is -0.476 e. The van der Waals surface area contributed by atoms with Gasteiger partial charge >= 0.3 is 0 Å². The zero-order valence-electron chi connectivity index (χ0n) is 20.2. The van der Waals surface area contributed by atoms with Crippen molar-refractivity contribution in [1.29, 1.82) is 0 Å². The molecule has 0 spiro atoms. The molecule has 4 aromatic rings. The Labute approximate surface area is 216 Å².